The average Bonchev–Trinajstić information content (AvgIpc) is 3.34. The number of aryl methyl sites for hydroxylation is 3. The number of carbonyl (C=O) groups is 1. The molecule has 0 unspecified atom stereocenters. The highest BCUT2D eigenvalue weighted by atomic mass is 32.2. The van der Waals surface area contributed by atoms with E-state index in [0.29, 0.717) is 18.8 Å². The quantitative estimate of drug-likeness (QED) is 0.478. The van der Waals surface area contributed by atoms with Crippen LogP contribution in [0.15, 0.2) is 60.0 Å². The highest BCUT2D eigenvalue weighted by Gasteiger charge is 2.22. The minimum Gasteiger partial charge on any atom is -0.410 e. The number of rotatable bonds is 9. The van der Waals surface area contributed by atoms with E-state index in [1.807, 2.05) is 43.5 Å². The van der Waals surface area contributed by atoms with Gasteiger partial charge in [0.1, 0.15) is 5.75 Å². The number of piperazine rings is 1. The minimum atomic E-state index is -0.264. The molecule has 174 valence electrons. The van der Waals surface area contributed by atoms with Crippen molar-refractivity contribution in [1.29, 1.82) is 0 Å². The summed E-state index contributed by atoms with van der Waals surface area (Å²) in [5.74, 6) is 1.54. The molecule has 0 aliphatic carbocycles. The van der Waals surface area contributed by atoms with Gasteiger partial charge in [0.25, 0.3) is 0 Å². The molecule has 0 spiro atoms. The number of ether oxygens (including phenoxy) is 1. The van der Waals surface area contributed by atoms with Gasteiger partial charge >= 0.3 is 6.09 Å². The molecule has 1 saturated heterocycles. The predicted octanol–water partition coefficient (Wildman–Crippen LogP) is 4.20. The van der Waals surface area contributed by atoms with Crippen molar-refractivity contribution in [2.24, 2.45) is 0 Å². The second kappa shape index (κ2) is 11.9. The van der Waals surface area contributed by atoms with Crippen molar-refractivity contribution in [3.63, 3.8) is 0 Å². The molecule has 1 N–H and O–H groups in total. The minimum absolute atomic E-state index is 0.264. The number of thioether (sulfide) groups is 1. The number of hydrogen-bond acceptors (Lipinski definition) is 6. The Balaban J connectivity index is 1.14. The van der Waals surface area contributed by atoms with Crippen LogP contribution in [0.3, 0.4) is 0 Å². The third-order valence-electron chi connectivity index (χ3n) is 5.71. The lowest BCUT2D eigenvalue weighted by atomic mass is 10.2. The molecule has 0 radical (unpaired) electrons. The number of imidazole rings is 1. The van der Waals surface area contributed by atoms with E-state index in [1.165, 1.54) is 5.56 Å². The van der Waals surface area contributed by atoms with Crippen LogP contribution >= 0.6 is 11.8 Å². The van der Waals surface area contributed by atoms with Crippen LogP contribution in [0.1, 0.15) is 23.4 Å². The molecule has 3 aromatic rings. The normalized spacial score (nSPS) is 14.4. The van der Waals surface area contributed by atoms with Crippen LogP contribution in [-0.4, -0.2) is 69.3 Å². The number of benzene rings is 1. The number of amides is 1. The van der Waals surface area contributed by atoms with Gasteiger partial charge in [0.05, 0.1) is 0 Å². The van der Waals surface area contributed by atoms with Crippen LogP contribution in [0.25, 0.3) is 0 Å². The van der Waals surface area contributed by atoms with E-state index in [0.717, 1.165) is 61.2 Å². The first-order chi connectivity index (χ1) is 16.2. The summed E-state index contributed by atoms with van der Waals surface area (Å²) in [6.07, 6.45) is 6.32. The molecule has 8 heteroatoms. The maximum absolute atomic E-state index is 12.6. The first-order valence-electron chi connectivity index (χ1n) is 11.5. The van der Waals surface area contributed by atoms with Crippen molar-refractivity contribution in [2.75, 3.05) is 38.5 Å². The van der Waals surface area contributed by atoms with Gasteiger partial charge in [0.15, 0.2) is 5.16 Å². The van der Waals surface area contributed by atoms with E-state index in [-0.39, 0.29) is 6.09 Å². The lowest BCUT2D eigenvalue weighted by Gasteiger charge is -2.34. The molecule has 1 aliphatic heterocycles. The molecule has 3 heterocycles. The third-order valence-corrected chi connectivity index (χ3v) is 6.62. The van der Waals surface area contributed by atoms with E-state index < -0.39 is 0 Å². The molecule has 2 aromatic heterocycles. The summed E-state index contributed by atoms with van der Waals surface area (Å²) in [6.45, 7) is 6.20. The number of nitrogens with one attached hydrogen (secondary N) is 1. The summed E-state index contributed by atoms with van der Waals surface area (Å²) in [5.41, 5.74) is 3.43. The number of nitrogens with zero attached hydrogens (tertiary/aromatic N) is 4. The number of H-pyrrole nitrogens is 1. The highest BCUT2D eigenvalue weighted by molar-refractivity contribution is 7.99. The fourth-order valence-electron chi connectivity index (χ4n) is 3.86. The summed E-state index contributed by atoms with van der Waals surface area (Å²) < 4.78 is 5.60. The van der Waals surface area contributed by atoms with E-state index in [9.17, 15) is 4.79 Å². The van der Waals surface area contributed by atoms with Crippen LogP contribution in [0, 0.1) is 6.92 Å². The highest BCUT2D eigenvalue weighted by Crippen LogP contribution is 2.18. The summed E-state index contributed by atoms with van der Waals surface area (Å²) in [7, 11) is 0. The Morgan fingerprint density at radius 3 is 2.64 bits per heavy atom. The number of aromatic nitrogens is 3. The van der Waals surface area contributed by atoms with Crippen molar-refractivity contribution >= 4 is 17.9 Å². The first-order valence-corrected chi connectivity index (χ1v) is 12.5. The zero-order valence-corrected chi connectivity index (χ0v) is 19.9. The van der Waals surface area contributed by atoms with E-state index in [2.05, 4.69) is 32.0 Å². The van der Waals surface area contributed by atoms with Crippen LogP contribution in [0.4, 0.5) is 4.79 Å². The molecule has 0 bridgehead atoms. The maximum Gasteiger partial charge on any atom is 0.415 e. The standard InChI is InChI=1S/C25H31N5O2S/c1-20-4-2-5-22(28-20)6-3-14-29-15-17-30(18-16-29)25(31)32-23-9-7-21(8-10-23)11-19-33-24-26-12-13-27-24/h2,4-5,7-10,12-13H,3,6,11,14-19H2,1H3,(H,26,27). The Hall–Kier alpha value is -2.84. The van der Waals surface area contributed by atoms with Gasteiger partial charge in [-0.25, -0.2) is 9.78 Å². The molecule has 1 amide bonds. The number of hydrogen-bond donors (Lipinski definition) is 1. The average molecular weight is 466 g/mol. The molecule has 0 atom stereocenters. The zero-order chi connectivity index (χ0) is 22.9. The van der Waals surface area contributed by atoms with Gasteiger partial charge in [0, 0.05) is 55.7 Å². The number of pyridine rings is 1. The second-order valence-electron chi connectivity index (χ2n) is 8.21. The van der Waals surface area contributed by atoms with Crippen LogP contribution in [0.5, 0.6) is 5.75 Å². The Morgan fingerprint density at radius 1 is 1.09 bits per heavy atom. The Kier molecular flexibility index (Phi) is 8.38. The number of aromatic amines is 1. The van der Waals surface area contributed by atoms with Crippen molar-refractivity contribution in [1.82, 2.24) is 24.8 Å². The second-order valence-corrected chi connectivity index (χ2v) is 9.29. The van der Waals surface area contributed by atoms with Crippen molar-refractivity contribution < 1.29 is 9.53 Å². The third kappa shape index (κ3) is 7.33. The molecular formula is C25H31N5O2S. The molecule has 4 rings (SSSR count). The smallest absolute Gasteiger partial charge is 0.410 e. The molecule has 7 nitrogen and oxygen atoms in total. The molecule has 1 aliphatic rings. The molecule has 0 saturated carbocycles. The Bertz CT molecular complexity index is 1000. The van der Waals surface area contributed by atoms with Crippen molar-refractivity contribution in [3.05, 3.63) is 71.8 Å². The van der Waals surface area contributed by atoms with Gasteiger partial charge in [-0.15, -0.1) is 0 Å². The fraction of sp³-hybridized carbons (Fsp3) is 0.400. The largest absolute Gasteiger partial charge is 0.415 e. The molecule has 1 fully saturated rings. The van der Waals surface area contributed by atoms with Gasteiger partial charge in [-0.1, -0.05) is 30.0 Å². The summed E-state index contributed by atoms with van der Waals surface area (Å²) in [4.78, 5) is 28.6. The van der Waals surface area contributed by atoms with Crippen LogP contribution < -0.4 is 4.74 Å². The summed E-state index contributed by atoms with van der Waals surface area (Å²) in [5, 5.41) is 0.934. The van der Waals surface area contributed by atoms with Crippen LogP contribution in [-0.2, 0) is 12.8 Å². The van der Waals surface area contributed by atoms with E-state index in [1.54, 1.807) is 22.9 Å². The lowest BCUT2D eigenvalue weighted by Crippen LogP contribution is -2.49. The van der Waals surface area contributed by atoms with Gasteiger partial charge in [-0.2, -0.15) is 0 Å². The zero-order valence-electron chi connectivity index (χ0n) is 19.1. The predicted molar refractivity (Wildman–Crippen MR) is 131 cm³/mol. The van der Waals surface area contributed by atoms with E-state index in [4.69, 9.17) is 4.74 Å². The van der Waals surface area contributed by atoms with Gasteiger partial charge < -0.3 is 14.6 Å². The first kappa shape index (κ1) is 23.3. The topological polar surface area (TPSA) is 74.3 Å². The summed E-state index contributed by atoms with van der Waals surface area (Å²) >= 11 is 1.69. The van der Waals surface area contributed by atoms with Crippen LogP contribution in [0.2, 0.25) is 0 Å². The molecule has 33 heavy (non-hydrogen) atoms. The molecule has 1 aromatic carbocycles. The maximum atomic E-state index is 12.6. The molecular weight excluding hydrogens is 434 g/mol. The Labute approximate surface area is 199 Å². The van der Waals surface area contributed by atoms with Gasteiger partial charge in [-0.05, 0) is 62.6 Å². The van der Waals surface area contributed by atoms with Gasteiger partial charge in [-0.3, -0.25) is 9.88 Å². The van der Waals surface area contributed by atoms with Crippen molar-refractivity contribution in [3.8, 4) is 5.75 Å². The van der Waals surface area contributed by atoms with Gasteiger partial charge in [0.2, 0.25) is 0 Å². The number of carbonyl (C=O) groups excluding carboxylic acids is 1. The lowest BCUT2D eigenvalue weighted by molar-refractivity contribution is 0.110. The summed E-state index contributed by atoms with van der Waals surface area (Å²) in [6, 6.07) is 14.0. The fourth-order valence-corrected chi connectivity index (χ4v) is 4.68. The SMILES string of the molecule is Cc1cccc(CCCN2CCN(C(=O)Oc3ccc(CCSc4ncc[nH]4)cc3)CC2)n1. The Morgan fingerprint density at radius 2 is 1.91 bits per heavy atom. The van der Waals surface area contributed by atoms with Crippen molar-refractivity contribution in [2.45, 2.75) is 31.3 Å². The van der Waals surface area contributed by atoms with E-state index >= 15 is 0 Å². The monoisotopic (exact) mass is 465 g/mol.